The maximum absolute atomic E-state index is 14.0. The summed E-state index contributed by atoms with van der Waals surface area (Å²) in [5, 5.41) is 11.2. The summed E-state index contributed by atoms with van der Waals surface area (Å²) in [6.07, 6.45) is 0. The minimum Gasteiger partial charge on any atom is -0.507 e. The Morgan fingerprint density at radius 3 is 2.30 bits per heavy atom. The van der Waals surface area contributed by atoms with E-state index in [2.05, 4.69) is 0 Å². The molecule has 0 bridgehead atoms. The molecule has 1 fully saturated rings. The van der Waals surface area contributed by atoms with E-state index in [1.165, 1.54) is 38.4 Å². The predicted molar refractivity (Wildman–Crippen MR) is 120 cm³/mol. The van der Waals surface area contributed by atoms with Crippen molar-refractivity contribution >= 4 is 17.4 Å². The van der Waals surface area contributed by atoms with Crippen LogP contribution in [0, 0.1) is 5.82 Å². The molecule has 1 aliphatic heterocycles. The molecular formula is C24H27FN2O6. The molecule has 0 aliphatic carbocycles. The first-order valence-electron chi connectivity index (χ1n) is 10.2. The molecule has 9 heteroatoms. The molecule has 0 radical (unpaired) electrons. The molecule has 33 heavy (non-hydrogen) atoms. The van der Waals surface area contributed by atoms with Gasteiger partial charge in [0.15, 0.2) is 0 Å². The van der Waals surface area contributed by atoms with Crippen molar-refractivity contribution in [3.8, 4) is 17.2 Å². The number of hydrogen-bond donors (Lipinski definition) is 1. The molecule has 1 amide bonds. The first kappa shape index (κ1) is 24.1. The van der Waals surface area contributed by atoms with Crippen LogP contribution in [0.3, 0.4) is 0 Å². The van der Waals surface area contributed by atoms with Crippen LogP contribution >= 0.6 is 0 Å². The third-order valence-electron chi connectivity index (χ3n) is 5.48. The largest absolute Gasteiger partial charge is 0.507 e. The predicted octanol–water partition coefficient (Wildman–Crippen LogP) is 2.83. The normalized spacial score (nSPS) is 17.5. The van der Waals surface area contributed by atoms with Gasteiger partial charge in [0.1, 0.15) is 28.8 Å². The smallest absolute Gasteiger partial charge is 0.295 e. The highest BCUT2D eigenvalue weighted by Crippen LogP contribution is 2.44. The summed E-state index contributed by atoms with van der Waals surface area (Å²) in [4.78, 5) is 29.5. The molecule has 1 saturated heterocycles. The van der Waals surface area contributed by atoms with Crippen LogP contribution in [-0.2, 0) is 9.59 Å². The zero-order valence-electron chi connectivity index (χ0n) is 19.2. The van der Waals surface area contributed by atoms with Gasteiger partial charge in [-0.25, -0.2) is 4.39 Å². The van der Waals surface area contributed by atoms with E-state index >= 15 is 0 Å². The van der Waals surface area contributed by atoms with Gasteiger partial charge < -0.3 is 29.1 Å². The standard InChI is InChI=1S/C24H27FN2O6/c1-26(2)10-11-27-21(16-13-15(31-3)7-9-18(16)32-4)20(23(29)24(27)30)22(28)17-12-14(25)6-8-19(17)33-5/h6-9,12-13,21,28H,10-11H2,1-5H3/b22-20+. The van der Waals surface area contributed by atoms with E-state index in [1.54, 1.807) is 18.2 Å². The molecule has 1 atom stereocenters. The second-order valence-corrected chi connectivity index (χ2v) is 7.75. The van der Waals surface area contributed by atoms with Crippen molar-refractivity contribution < 1.29 is 33.3 Å². The first-order valence-corrected chi connectivity index (χ1v) is 10.2. The Bertz CT molecular complexity index is 1100. The number of aliphatic hydroxyl groups excluding tert-OH is 1. The third kappa shape index (κ3) is 4.63. The van der Waals surface area contributed by atoms with Crippen LogP contribution in [0.15, 0.2) is 42.0 Å². The molecule has 0 saturated carbocycles. The molecule has 1 unspecified atom stereocenters. The number of ether oxygens (including phenoxy) is 3. The number of rotatable bonds is 8. The van der Waals surface area contributed by atoms with Gasteiger partial charge in [-0.05, 0) is 50.5 Å². The number of ketones is 1. The Hall–Kier alpha value is -3.59. The van der Waals surface area contributed by atoms with Crippen molar-refractivity contribution in [1.82, 2.24) is 9.80 Å². The van der Waals surface area contributed by atoms with Gasteiger partial charge in [0, 0.05) is 18.7 Å². The van der Waals surface area contributed by atoms with Crippen LogP contribution in [0.5, 0.6) is 17.2 Å². The summed E-state index contributed by atoms with van der Waals surface area (Å²) >= 11 is 0. The van der Waals surface area contributed by atoms with Crippen LogP contribution in [0.2, 0.25) is 0 Å². The lowest BCUT2D eigenvalue weighted by Gasteiger charge is -2.28. The maximum atomic E-state index is 14.0. The highest BCUT2D eigenvalue weighted by atomic mass is 19.1. The molecule has 1 heterocycles. The lowest BCUT2D eigenvalue weighted by atomic mass is 9.94. The van der Waals surface area contributed by atoms with Crippen molar-refractivity contribution in [3.05, 3.63) is 58.9 Å². The first-order chi connectivity index (χ1) is 15.7. The number of halogens is 1. The van der Waals surface area contributed by atoms with E-state index in [4.69, 9.17) is 14.2 Å². The number of Topliss-reactive ketones (excluding diaryl/α,β-unsaturated/α-hetero) is 1. The molecule has 1 aliphatic rings. The molecule has 1 N–H and O–H groups in total. The van der Waals surface area contributed by atoms with Crippen molar-refractivity contribution in [2.75, 3.05) is 48.5 Å². The number of benzene rings is 2. The summed E-state index contributed by atoms with van der Waals surface area (Å²) in [5.41, 5.74) is 0.232. The summed E-state index contributed by atoms with van der Waals surface area (Å²) in [5.74, 6) is -1.79. The number of methoxy groups -OCH3 is 3. The zero-order valence-corrected chi connectivity index (χ0v) is 19.2. The minimum atomic E-state index is -0.983. The highest BCUT2D eigenvalue weighted by molar-refractivity contribution is 6.46. The lowest BCUT2D eigenvalue weighted by molar-refractivity contribution is -0.140. The molecule has 2 aromatic rings. The number of aliphatic hydroxyl groups is 1. The summed E-state index contributed by atoms with van der Waals surface area (Å²) in [7, 11) is 8.01. The van der Waals surface area contributed by atoms with Crippen LogP contribution in [0.25, 0.3) is 5.76 Å². The quantitative estimate of drug-likeness (QED) is 0.370. The molecule has 2 aromatic carbocycles. The molecule has 0 spiro atoms. The van der Waals surface area contributed by atoms with Crippen molar-refractivity contribution in [2.45, 2.75) is 6.04 Å². The topological polar surface area (TPSA) is 88.5 Å². The van der Waals surface area contributed by atoms with E-state index in [1.807, 2.05) is 19.0 Å². The van der Waals surface area contributed by atoms with Crippen molar-refractivity contribution in [1.29, 1.82) is 0 Å². The number of carbonyl (C=O) groups excluding carboxylic acids is 2. The van der Waals surface area contributed by atoms with Crippen molar-refractivity contribution in [3.63, 3.8) is 0 Å². The van der Waals surface area contributed by atoms with Gasteiger partial charge >= 0.3 is 0 Å². The van der Waals surface area contributed by atoms with Gasteiger partial charge in [-0.15, -0.1) is 0 Å². The van der Waals surface area contributed by atoms with Crippen LogP contribution < -0.4 is 14.2 Å². The fourth-order valence-corrected chi connectivity index (χ4v) is 3.81. The Morgan fingerprint density at radius 2 is 1.70 bits per heavy atom. The Kier molecular flexibility index (Phi) is 7.23. The van der Waals surface area contributed by atoms with Gasteiger partial charge in [0.2, 0.25) is 0 Å². The molecule has 8 nitrogen and oxygen atoms in total. The number of carbonyl (C=O) groups is 2. The van der Waals surface area contributed by atoms with Crippen LogP contribution in [-0.4, -0.2) is 75.1 Å². The minimum absolute atomic E-state index is 0.0324. The maximum Gasteiger partial charge on any atom is 0.295 e. The number of hydrogen-bond acceptors (Lipinski definition) is 7. The van der Waals surface area contributed by atoms with E-state index in [9.17, 15) is 19.1 Å². The molecular weight excluding hydrogens is 431 g/mol. The van der Waals surface area contributed by atoms with E-state index < -0.39 is 29.3 Å². The van der Waals surface area contributed by atoms with E-state index in [0.717, 1.165) is 6.07 Å². The van der Waals surface area contributed by atoms with Crippen molar-refractivity contribution in [2.24, 2.45) is 0 Å². The Labute approximate surface area is 191 Å². The fraction of sp³-hybridized carbons (Fsp3) is 0.333. The lowest BCUT2D eigenvalue weighted by Crippen LogP contribution is -2.35. The molecule has 0 aromatic heterocycles. The summed E-state index contributed by atoms with van der Waals surface area (Å²) in [6, 6.07) is 7.58. The average Bonchev–Trinajstić information content (AvgIpc) is 3.06. The molecule has 3 rings (SSSR count). The van der Waals surface area contributed by atoms with Gasteiger partial charge in [-0.1, -0.05) is 0 Å². The number of amides is 1. The highest BCUT2D eigenvalue weighted by Gasteiger charge is 2.47. The second kappa shape index (κ2) is 9.91. The third-order valence-corrected chi connectivity index (χ3v) is 5.48. The Morgan fingerprint density at radius 1 is 1.03 bits per heavy atom. The van der Waals surface area contributed by atoms with Gasteiger partial charge in [-0.3, -0.25) is 9.59 Å². The van der Waals surface area contributed by atoms with Gasteiger partial charge in [-0.2, -0.15) is 0 Å². The van der Waals surface area contributed by atoms with E-state index in [0.29, 0.717) is 23.6 Å². The average molecular weight is 458 g/mol. The number of nitrogens with zero attached hydrogens (tertiary/aromatic N) is 2. The summed E-state index contributed by atoms with van der Waals surface area (Å²) < 4.78 is 30.1. The van der Waals surface area contributed by atoms with Gasteiger partial charge in [0.05, 0.1) is 38.5 Å². The monoisotopic (exact) mass is 458 g/mol. The summed E-state index contributed by atoms with van der Waals surface area (Å²) in [6.45, 7) is 0.679. The van der Waals surface area contributed by atoms with E-state index in [-0.39, 0.29) is 23.4 Å². The second-order valence-electron chi connectivity index (χ2n) is 7.75. The number of likely N-dealkylation sites (N-methyl/N-ethyl adjacent to an activating group) is 1. The zero-order chi connectivity index (χ0) is 24.3. The number of likely N-dealkylation sites (tertiary alicyclic amines) is 1. The molecule has 176 valence electrons. The fourth-order valence-electron chi connectivity index (χ4n) is 3.81. The van der Waals surface area contributed by atoms with Crippen LogP contribution in [0.4, 0.5) is 4.39 Å². The van der Waals surface area contributed by atoms with Gasteiger partial charge in [0.25, 0.3) is 11.7 Å². The SMILES string of the molecule is COc1ccc(OC)c(C2/C(=C(\O)c3cc(F)ccc3OC)C(=O)C(=O)N2CCN(C)C)c1. The Balaban J connectivity index is 2.30. The van der Waals surface area contributed by atoms with Crippen LogP contribution in [0.1, 0.15) is 17.2 Å².